The van der Waals surface area contributed by atoms with E-state index < -0.39 is 6.04 Å². The molecule has 1 aliphatic rings. The molecule has 0 aliphatic carbocycles. The Labute approximate surface area is 142 Å². The maximum atomic E-state index is 12.9. The monoisotopic (exact) mass is 350 g/mol. The standard InChI is InChI=1S/C16H18N2O3S2/c1-10-13(23-14(17-10)11-6-8-22-9-11)15(19)18-7-4-3-5-12(18)16(20)21-2/h6,8-9,12H,3-5,7H2,1-2H3. The SMILES string of the molecule is COC(=O)C1CCCCN1C(=O)c1sc(-c2ccsc2)nc1C. The molecule has 0 bridgehead atoms. The zero-order valence-corrected chi connectivity index (χ0v) is 14.7. The predicted octanol–water partition coefficient (Wildman–Crippen LogP) is 3.35. The van der Waals surface area contributed by atoms with Crippen LogP contribution in [0.1, 0.15) is 34.6 Å². The van der Waals surface area contributed by atoms with E-state index in [-0.39, 0.29) is 11.9 Å². The third-order valence-electron chi connectivity index (χ3n) is 4.00. The van der Waals surface area contributed by atoms with Gasteiger partial charge in [-0.25, -0.2) is 9.78 Å². The van der Waals surface area contributed by atoms with Crippen molar-refractivity contribution >= 4 is 34.6 Å². The van der Waals surface area contributed by atoms with E-state index in [1.807, 2.05) is 23.8 Å². The van der Waals surface area contributed by atoms with E-state index in [9.17, 15) is 9.59 Å². The van der Waals surface area contributed by atoms with Crippen LogP contribution in [0.2, 0.25) is 0 Å². The van der Waals surface area contributed by atoms with Crippen molar-refractivity contribution in [2.24, 2.45) is 0 Å². The first kappa shape index (κ1) is 16.1. The Balaban J connectivity index is 1.88. The first-order valence-corrected chi connectivity index (χ1v) is 9.26. The van der Waals surface area contributed by atoms with Crippen LogP contribution in [0.15, 0.2) is 16.8 Å². The van der Waals surface area contributed by atoms with Crippen LogP contribution < -0.4 is 0 Å². The van der Waals surface area contributed by atoms with Gasteiger partial charge in [0.05, 0.1) is 12.8 Å². The van der Waals surface area contributed by atoms with Gasteiger partial charge in [0.2, 0.25) is 0 Å². The number of carbonyl (C=O) groups excluding carboxylic acids is 2. The molecule has 1 aliphatic heterocycles. The molecular formula is C16H18N2O3S2. The summed E-state index contributed by atoms with van der Waals surface area (Å²) in [4.78, 5) is 31.7. The van der Waals surface area contributed by atoms with Gasteiger partial charge in [0, 0.05) is 17.5 Å². The van der Waals surface area contributed by atoms with E-state index in [4.69, 9.17) is 4.74 Å². The number of thiophene rings is 1. The van der Waals surface area contributed by atoms with Crippen LogP contribution in [0.25, 0.3) is 10.6 Å². The van der Waals surface area contributed by atoms with Crippen molar-refractivity contribution in [3.05, 3.63) is 27.4 Å². The van der Waals surface area contributed by atoms with Crippen LogP contribution >= 0.6 is 22.7 Å². The van der Waals surface area contributed by atoms with Crippen molar-refractivity contribution in [2.45, 2.75) is 32.2 Å². The highest BCUT2D eigenvalue weighted by atomic mass is 32.1. The van der Waals surface area contributed by atoms with E-state index in [0.717, 1.165) is 29.1 Å². The molecule has 1 saturated heterocycles. The molecule has 122 valence electrons. The van der Waals surface area contributed by atoms with Gasteiger partial charge in [0.1, 0.15) is 15.9 Å². The summed E-state index contributed by atoms with van der Waals surface area (Å²) in [6, 6.07) is 1.52. The maximum Gasteiger partial charge on any atom is 0.328 e. The largest absolute Gasteiger partial charge is 0.467 e. The number of aryl methyl sites for hydroxylation is 1. The number of amides is 1. The number of carbonyl (C=O) groups is 2. The number of likely N-dealkylation sites (tertiary alicyclic amines) is 1. The predicted molar refractivity (Wildman–Crippen MR) is 90.9 cm³/mol. The molecule has 7 heteroatoms. The second kappa shape index (κ2) is 6.80. The van der Waals surface area contributed by atoms with Gasteiger partial charge in [-0.15, -0.1) is 11.3 Å². The van der Waals surface area contributed by atoms with E-state index >= 15 is 0 Å². The number of hydrogen-bond acceptors (Lipinski definition) is 6. The number of thiazole rings is 1. The minimum Gasteiger partial charge on any atom is -0.467 e. The molecule has 0 aromatic carbocycles. The summed E-state index contributed by atoms with van der Waals surface area (Å²) >= 11 is 3.00. The number of ether oxygens (including phenoxy) is 1. The second-order valence-electron chi connectivity index (χ2n) is 5.48. The fraction of sp³-hybridized carbons (Fsp3) is 0.438. The van der Waals surface area contributed by atoms with Gasteiger partial charge in [0.25, 0.3) is 5.91 Å². The third-order valence-corrected chi connectivity index (χ3v) is 5.87. The summed E-state index contributed by atoms with van der Waals surface area (Å²) in [5.41, 5.74) is 1.75. The molecule has 0 N–H and O–H groups in total. The van der Waals surface area contributed by atoms with Crippen LogP contribution in [0, 0.1) is 6.92 Å². The number of methoxy groups -OCH3 is 1. The lowest BCUT2D eigenvalue weighted by Gasteiger charge is -2.33. The second-order valence-corrected chi connectivity index (χ2v) is 7.26. The Kier molecular flexibility index (Phi) is 4.77. The average molecular weight is 350 g/mol. The summed E-state index contributed by atoms with van der Waals surface area (Å²) < 4.78 is 4.86. The Morgan fingerprint density at radius 2 is 2.22 bits per heavy atom. The van der Waals surface area contributed by atoms with Crippen molar-refractivity contribution in [3.8, 4) is 10.6 Å². The summed E-state index contributed by atoms with van der Waals surface area (Å²) in [6.07, 6.45) is 2.51. The number of hydrogen-bond donors (Lipinski definition) is 0. The molecule has 23 heavy (non-hydrogen) atoms. The minimum atomic E-state index is -0.479. The van der Waals surface area contributed by atoms with Gasteiger partial charge in [-0.1, -0.05) is 0 Å². The van der Waals surface area contributed by atoms with E-state index in [2.05, 4.69) is 4.98 Å². The molecule has 0 saturated carbocycles. The molecule has 3 rings (SSSR count). The topological polar surface area (TPSA) is 59.5 Å². The Morgan fingerprint density at radius 1 is 1.39 bits per heavy atom. The van der Waals surface area contributed by atoms with Crippen LogP contribution in [-0.4, -0.2) is 41.5 Å². The number of esters is 1. The summed E-state index contributed by atoms with van der Waals surface area (Å²) in [7, 11) is 1.37. The normalized spacial score (nSPS) is 18.0. The van der Waals surface area contributed by atoms with Crippen LogP contribution in [0.3, 0.4) is 0 Å². The molecule has 1 fully saturated rings. The highest BCUT2D eigenvalue weighted by molar-refractivity contribution is 7.17. The molecule has 5 nitrogen and oxygen atoms in total. The van der Waals surface area contributed by atoms with Crippen LogP contribution in [-0.2, 0) is 9.53 Å². The lowest BCUT2D eigenvalue weighted by atomic mass is 10.0. The van der Waals surface area contributed by atoms with E-state index in [0.29, 0.717) is 17.8 Å². The van der Waals surface area contributed by atoms with Crippen molar-refractivity contribution in [2.75, 3.05) is 13.7 Å². The van der Waals surface area contributed by atoms with E-state index in [1.165, 1.54) is 18.4 Å². The molecule has 1 atom stereocenters. The molecule has 1 amide bonds. The van der Waals surface area contributed by atoms with Crippen molar-refractivity contribution in [1.29, 1.82) is 0 Å². The Bertz CT molecular complexity index is 709. The van der Waals surface area contributed by atoms with E-state index in [1.54, 1.807) is 16.2 Å². The maximum absolute atomic E-state index is 12.9. The molecule has 0 spiro atoms. The zero-order valence-electron chi connectivity index (χ0n) is 13.1. The average Bonchev–Trinajstić information content (AvgIpc) is 3.23. The lowest BCUT2D eigenvalue weighted by molar-refractivity contribution is -0.147. The summed E-state index contributed by atoms with van der Waals surface area (Å²) in [5.74, 6) is -0.449. The van der Waals surface area contributed by atoms with Crippen molar-refractivity contribution in [3.63, 3.8) is 0 Å². The Hall–Kier alpha value is -1.73. The molecule has 1 unspecified atom stereocenters. The third kappa shape index (κ3) is 3.16. The lowest BCUT2D eigenvalue weighted by Crippen LogP contribution is -2.48. The van der Waals surface area contributed by atoms with Gasteiger partial charge >= 0.3 is 5.97 Å². The highest BCUT2D eigenvalue weighted by Gasteiger charge is 2.34. The fourth-order valence-electron chi connectivity index (χ4n) is 2.79. The van der Waals surface area contributed by atoms with Gasteiger partial charge in [-0.3, -0.25) is 4.79 Å². The van der Waals surface area contributed by atoms with Gasteiger partial charge in [-0.2, -0.15) is 11.3 Å². The first-order chi connectivity index (χ1) is 11.1. The highest BCUT2D eigenvalue weighted by Crippen LogP contribution is 2.31. The molecule has 2 aromatic rings. The zero-order chi connectivity index (χ0) is 16.4. The minimum absolute atomic E-state index is 0.114. The first-order valence-electron chi connectivity index (χ1n) is 7.50. The number of nitrogens with zero attached hydrogens (tertiary/aromatic N) is 2. The Morgan fingerprint density at radius 3 is 2.91 bits per heavy atom. The molecule has 2 aromatic heterocycles. The van der Waals surface area contributed by atoms with Crippen molar-refractivity contribution < 1.29 is 14.3 Å². The van der Waals surface area contributed by atoms with Gasteiger partial charge in [-0.05, 0) is 37.6 Å². The number of rotatable bonds is 3. The quantitative estimate of drug-likeness (QED) is 0.797. The number of aromatic nitrogens is 1. The van der Waals surface area contributed by atoms with Crippen molar-refractivity contribution in [1.82, 2.24) is 9.88 Å². The molecule has 3 heterocycles. The van der Waals surface area contributed by atoms with Crippen LogP contribution in [0.4, 0.5) is 0 Å². The molecular weight excluding hydrogens is 332 g/mol. The molecule has 0 radical (unpaired) electrons. The summed E-state index contributed by atoms with van der Waals surface area (Å²) in [6.45, 7) is 2.43. The summed E-state index contributed by atoms with van der Waals surface area (Å²) in [5, 5.41) is 4.86. The smallest absolute Gasteiger partial charge is 0.328 e. The fourth-order valence-corrected chi connectivity index (χ4v) is 4.52. The van der Waals surface area contributed by atoms with Crippen LogP contribution in [0.5, 0.6) is 0 Å². The van der Waals surface area contributed by atoms with Gasteiger partial charge in [0.15, 0.2) is 0 Å². The van der Waals surface area contributed by atoms with Gasteiger partial charge < -0.3 is 9.64 Å². The number of piperidine rings is 1.